The molecule has 27 heavy (non-hydrogen) atoms. The molecule has 7 heteroatoms. The Balaban J connectivity index is 1.84. The van der Waals surface area contributed by atoms with Crippen molar-refractivity contribution in [3.63, 3.8) is 0 Å². The van der Waals surface area contributed by atoms with Crippen molar-refractivity contribution in [1.82, 2.24) is 0 Å². The SMILES string of the molecule is FC(F)(F)c1ccc(-c2cccc(Nc3cccc(C(F)(F)F)c3)c2)cc1. The van der Waals surface area contributed by atoms with Crippen molar-refractivity contribution in [1.29, 1.82) is 0 Å². The molecule has 0 aromatic heterocycles. The number of rotatable bonds is 3. The van der Waals surface area contributed by atoms with Gasteiger partial charge in [-0.25, -0.2) is 0 Å². The average molecular weight is 381 g/mol. The first-order chi connectivity index (χ1) is 12.6. The fraction of sp³-hybridized carbons (Fsp3) is 0.100. The van der Waals surface area contributed by atoms with E-state index in [4.69, 9.17) is 0 Å². The van der Waals surface area contributed by atoms with Crippen molar-refractivity contribution in [3.8, 4) is 11.1 Å². The third-order valence-electron chi connectivity index (χ3n) is 3.89. The lowest BCUT2D eigenvalue weighted by atomic mass is 10.0. The zero-order valence-corrected chi connectivity index (χ0v) is 13.7. The molecule has 0 radical (unpaired) electrons. The van der Waals surface area contributed by atoms with Crippen LogP contribution in [0.2, 0.25) is 0 Å². The summed E-state index contributed by atoms with van der Waals surface area (Å²) in [7, 11) is 0. The minimum absolute atomic E-state index is 0.259. The zero-order chi connectivity index (χ0) is 19.7. The molecule has 3 rings (SSSR count). The number of alkyl halides is 6. The third kappa shape index (κ3) is 4.61. The maximum atomic E-state index is 12.8. The van der Waals surface area contributed by atoms with E-state index in [0.717, 1.165) is 24.3 Å². The lowest BCUT2D eigenvalue weighted by molar-refractivity contribution is -0.138. The van der Waals surface area contributed by atoms with Gasteiger partial charge in [0.15, 0.2) is 0 Å². The molecule has 3 aromatic rings. The second kappa shape index (κ2) is 6.98. The van der Waals surface area contributed by atoms with Crippen molar-refractivity contribution in [2.24, 2.45) is 0 Å². The summed E-state index contributed by atoms with van der Waals surface area (Å²) in [6, 6.07) is 16.1. The Morgan fingerprint density at radius 1 is 0.519 bits per heavy atom. The smallest absolute Gasteiger partial charge is 0.355 e. The monoisotopic (exact) mass is 381 g/mol. The molecule has 0 saturated carbocycles. The van der Waals surface area contributed by atoms with Crippen LogP contribution >= 0.6 is 0 Å². The molecule has 140 valence electrons. The van der Waals surface area contributed by atoms with Crippen LogP contribution in [0.15, 0.2) is 72.8 Å². The maximum absolute atomic E-state index is 12.8. The molecule has 0 saturated heterocycles. The van der Waals surface area contributed by atoms with Gasteiger partial charge in [0, 0.05) is 11.4 Å². The number of hydrogen-bond donors (Lipinski definition) is 1. The van der Waals surface area contributed by atoms with Crippen LogP contribution in [-0.2, 0) is 12.4 Å². The van der Waals surface area contributed by atoms with Crippen molar-refractivity contribution in [3.05, 3.63) is 83.9 Å². The number of anilines is 2. The number of benzene rings is 3. The Morgan fingerprint density at radius 3 is 1.67 bits per heavy atom. The molecule has 0 aliphatic heterocycles. The zero-order valence-electron chi connectivity index (χ0n) is 13.7. The molecule has 0 aliphatic carbocycles. The van der Waals surface area contributed by atoms with E-state index in [0.29, 0.717) is 16.8 Å². The number of halogens is 6. The van der Waals surface area contributed by atoms with Crippen LogP contribution in [0.1, 0.15) is 11.1 Å². The molecule has 0 fully saturated rings. The first kappa shape index (κ1) is 18.8. The van der Waals surface area contributed by atoms with Crippen molar-refractivity contribution >= 4 is 11.4 Å². The van der Waals surface area contributed by atoms with Crippen LogP contribution in [-0.4, -0.2) is 0 Å². The number of nitrogens with one attached hydrogen (secondary N) is 1. The van der Waals surface area contributed by atoms with Gasteiger partial charge < -0.3 is 5.32 Å². The van der Waals surface area contributed by atoms with Gasteiger partial charge in [-0.1, -0.05) is 30.3 Å². The van der Waals surface area contributed by atoms with E-state index in [1.807, 2.05) is 0 Å². The van der Waals surface area contributed by atoms with E-state index in [1.54, 1.807) is 24.3 Å². The Kier molecular flexibility index (Phi) is 4.87. The van der Waals surface area contributed by atoms with Crippen LogP contribution < -0.4 is 5.32 Å². The fourth-order valence-electron chi connectivity index (χ4n) is 2.57. The predicted octanol–water partition coefficient (Wildman–Crippen LogP) is 7.13. The Morgan fingerprint density at radius 2 is 1.07 bits per heavy atom. The lowest BCUT2D eigenvalue weighted by Gasteiger charge is -2.12. The lowest BCUT2D eigenvalue weighted by Crippen LogP contribution is -2.05. The summed E-state index contributed by atoms with van der Waals surface area (Å²) in [4.78, 5) is 0. The van der Waals surface area contributed by atoms with Gasteiger partial charge in [-0.05, 0) is 53.6 Å². The second-order valence-corrected chi connectivity index (χ2v) is 5.86. The molecule has 1 nitrogen and oxygen atoms in total. The molecule has 1 N–H and O–H groups in total. The summed E-state index contributed by atoms with van der Waals surface area (Å²) >= 11 is 0. The van der Waals surface area contributed by atoms with Crippen LogP contribution in [0.4, 0.5) is 37.7 Å². The van der Waals surface area contributed by atoms with Gasteiger partial charge in [-0.15, -0.1) is 0 Å². The van der Waals surface area contributed by atoms with Gasteiger partial charge in [0.2, 0.25) is 0 Å². The highest BCUT2D eigenvalue weighted by molar-refractivity contribution is 5.71. The van der Waals surface area contributed by atoms with Gasteiger partial charge in [0.05, 0.1) is 11.1 Å². The fourth-order valence-corrected chi connectivity index (χ4v) is 2.57. The highest BCUT2D eigenvalue weighted by atomic mass is 19.4. The van der Waals surface area contributed by atoms with Gasteiger partial charge in [0.25, 0.3) is 0 Å². The molecule has 0 bridgehead atoms. The van der Waals surface area contributed by atoms with E-state index >= 15 is 0 Å². The molecule has 0 amide bonds. The minimum atomic E-state index is -4.44. The standard InChI is InChI=1S/C20H13F6N/c21-19(22,23)15-9-7-13(8-10-15)14-3-1-5-17(11-14)27-18-6-2-4-16(12-18)20(24,25)26/h1-12,27H. The normalized spacial score (nSPS) is 12.1. The third-order valence-corrected chi connectivity index (χ3v) is 3.89. The molecule has 0 unspecified atom stereocenters. The summed E-state index contributed by atoms with van der Waals surface area (Å²) in [6.45, 7) is 0. The molecule has 0 atom stereocenters. The maximum Gasteiger partial charge on any atom is 0.416 e. The van der Waals surface area contributed by atoms with Gasteiger partial charge in [-0.3, -0.25) is 0 Å². The first-order valence-corrected chi connectivity index (χ1v) is 7.85. The number of hydrogen-bond acceptors (Lipinski definition) is 1. The molecule has 0 heterocycles. The first-order valence-electron chi connectivity index (χ1n) is 7.85. The summed E-state index contributed by atoms with van der Waals surface area (Å²) < 4.78 is 76.4. The van der Waals surface area contributed by atoms with Crippen LogP contribution in [0.5, 0.6) is 0 Å². The van der Waals surface area contributed by atoms with E-state index in [1.165, 1.54) is 24.3 Å². The largest absolute Gasteiger partial charge is 0.416 e. The van der Waals surface area contributed by atoms with Crippen LogP contribution in [0, 0.1) is 0 Å². The van der Waals surface area contributed by atoms with Crippen molar-refractivity contribution < 1.29 is 26.3 Å². The van der Waals surface area contributed by atoms with Gasteiger partial charge in [0.1, 0.15) is 0 Å². The summed E-state index contributed by atoms with van der Waals surface area (Å²) in [6.07, 6.45) is -8.86. The highest BCUT2D eigenvalue weighted by Gasteiger charge is 2.31. The quantitative estimate of drug-likeness (QED) is 0.476. The van der Waals surface area contributed by atoms with Crippen molar-refractivity contribution in [2.45, 2.75) is 12.4 Å². The Bertz CT molecular complexity index is 926. The van der Waals surface area contributed by atoms with Crippen LogP contribution in [0.3, 0.4) is 0 Å². The summed E-state index contributed by atoms with van der Waals surface area (Å²) in [5.41, 5.74) is 0.466. The highest BCUT2D eigenvalue weighted by Crippen LogP contribution is 2.33. The summed E-state index contributed by atoms with van der Waals surface area (Å²) in [5, 5.41) is 2.88. The van der Waals surface area contributed by atoms with Gasteiger partial charge in [-0.2, -0.15) is 26.3 Å². The summed E-state index contributed by atoms with van der Waals surface area (Å²) in [5.74, 6) is 0. The Hall–Kier alpha value is -2.96. The molecule has 3 aromatic carbocycles. The predicted molar refractivity (Wildman–Crippen MR) is 91.6 cm³/mol. The minimum Gasteiger partial charge on any atom is -0.355 e. The van der Waals surface area contributed by atoms with Gasteiger partial charge >= 0.3 is 12.4 Å². The molecular formula is C20H13F6N. The van der Waals surface area contributed by atoms with E-state index < -0.39 is 23.5 Å². The Labute approximate surface area is 151 Å². The topological polar surface area (TPSA) is 12.0 Å². The van der Waals surface area contributed by atoms with E-state index in [-0.39, 0.29) is 5.69 Å². The molecule has 0 spiro atoms. The second-order valence-electron chi connectivity index (χ2n) is 5.86. The van der Waals surface area contributed by atoms with E-state index in [9.17, 15) is 26.3 Å². The van der Waals surface area contributed by atoms with Crippen molar-refractivity contribution in [2.75, 3.05) is 5.32 Å². The van der Waals surface area contributed by atoms with E-state index in [2.05, 4.69) is 5.32 Å². The molecular weight excluding hydrogens is 368 g/mol. The molecule has 0 aliphatic rings. The average Bonchev–Trinajstić information content (AvgIpc) is 2.61. The van der Waals surface area contributed by atoms with Crippen LogP contribution in [0.25, 0.3) is 11.1 Å².